The normalized spacial score (nSPS) is 15.0. The molecule has 0 radical (unpaired) electrons. The summed E-state index contributed by atoms with van der Waals surface area (Å²) in [6, 6.07) is 15.9. The maximum atomic E-state index is 12.4. The average molecular weight is 388 g/mol. The predicted octanol–water partition coefficient (Wildman–Crippen LogP) is 5.09. The standard InChI is InChI=1S/C20H22BrNO2/c21-19-13-17(24-14-15-7-3-1-4-8-15)11-12-18(19)20(23)22-16-9-5-2-6-10-16/h1,3-4,7-8,11-13,16H,2,5-6,9-10,14H2,(H,22,23). The molecular weight excluding hydrogens is 366 g/mol. The molecule has 1 saturated carbocycles. The van der Waals surface area contributed by atoms with Gasteiger partial charge in [-0.1, -0.05) is 49.6 Å². The SMILES string of the molecule is O=C(NC1CCCCC1)c1ccc(OCc2ccccc2)cc1Br. The minimum atomic E-state index is -0.0108. The quantitative estimate of drug-likeness (QED) is 0.775. The van der Waals surface area contributed by atoms with Crippen LogP contribution in [0.5, 0.6) is 5.75 Å². The maximum absolute atomic E-state index is 12.4. The van der Waals surface area contributed by atoms with Gasteiger partial charge in [0.15, 0.2) is 0 Å². The van der Waals surface area contributed by atoms with E-state index < -0.39 is 0 Å². The second kappa shape index (κ2) is 8.34. The van der Waals surface area contributed by atoms with E-state index in [0.29, 0.717) is 18.2 Å². The van der Waals surface area contributed by atoms with Crippen molar-refractivity contribution in [2.75, 3.05) is 0 Å². The van der Waals surface area contributed by atoms with Crippen LogP contribution in [0.4, 0.5) is 0 Å². The van der Waals surface area contributed by atoms with Crippen LogP contribution < -0.4 is 10.1 Å². The molecule has 0 atom stereocenters. The highest BCUT2D eigenvalue weighted by Gasteiger charge is 2.18. The molecule has 1 N–H and O–H groups in total. The summed E-state index contributed by atoms with van der Waals surface area (Å²) in [4.78, 5) is 12.4. The third-order valence-corrected chi connectivity index (χ3v) is 5.03. The molecule has 1 aliphatic carbocycles. The number of rotatable bonds is 5. The molecule has 0 saturated heterocycles. The topological polar surface area (TPSA) is 38.3 Å². The van der Waals surface area contributed by atoms with Crippen LogP contribution in [0, 0.1) is 0 Å². The smallest absolute Gasteiger partial charge is 0.252 e. The summed E-state index contributed by atoms with van der Waals surface area (Å²) in [6.45, 7) is 0.515. The third kappa shape index (κ3) is 4.60. The lowest BCUT2D eigenvalue weighted by atomic mass is 9.95. The van der Waals surface area contributed by atoms with Crippen LogP contribution in [0.25, 0.3) is 0 Å². The van der Waals surface area contributed by atoms with Gasteiger partial charge in [-0.3, -0.25) is 4.79 Å². The summed E-state index contributed by atoms with van der Waals surface area (Å²) in [7, 11) is 0. The Bertz CT molecular complexity index is 681. The van der Waals surface area contributed by atoms with Crippen molar-refractivity contribution >= 4 is 21.8 Å². The van der Waals surface area contributed by atoms with Crippen LogP contribution in [0.15, 0.2) is 53.0 Å². The largest absolute Gasteiger partial charge is 0.489 e. The van der Waals surface area contributed by atoms with Gasteiger partial charge < -0.3 is 10.1 Å². The van der Waals surface area contributed by atoms with E-state index in [2.05, 4.69) is 21.2 Å². The van der Waals surface area contributed by atoms with E-state index in [1.54, 1.807) is 0 Å². The first-order valence-corrected chi connectivity index (χ1v) is 9.29. The van der Waals surface area contributed by atoms with Crippen molar-refractivity contribution in [2.45, 2.75) is 44.8 Å². The van der Waals surface area contributed by atoms with Crippen LogP contribution in [0.3, 0.4) is 0 Å². The molecule has 1 aliphatic rings. The molecule has 3 rings (SSSR count). The van der Waals surface area contributed by atoms with Crippen molar-refractivity contribution in [3.05, 3.63) is 64.1 Å². The molecule has 24 heavy (non-hydrogen) atoms. The molecule has 1 fully saturated rings. The number of halogens is 1. The van der Waals surface area contributed by atoms with E-state index >= 15 is 0 Å². The lowest BCUT2D eigenvalue weighted by Gasteiger charge is -2.23. The average Bonchev–Trinajstić information content (AvgIpc) is 2.61. The van der Waals surface area contributed by atoms with Gasteiger partial charge in [0, 0.05) is 10.5 Å². The van der Waals surface area contributed by atoms with E-state index in [4.69, 9.17) is 4.74 Å². The van der Waals surface area contributed by atoms with Crippen molar-refractivity contribution in [1.29, 1.82) is 0 Å². The van der Waals surface area contributed by atoms with Crippen molar-refractivity contribution in [2.24, 2.45) is 0 Å². The summed E-state index contributed by atoms with van der Waals surface area (Å²) >= 11 is 3.50. The Labute approximate surface area is 151 Å². The summed E-state index contributed by atoms with van der Waals surface area (Å²) in [5.41, 5.74) is 1.78. The Morgan fingerprint density at radius 1 is 1.08 bits per heavy atom. The zero-order valence-corrected chi connectivity index (χ0v) is 15.2. The molecule has 2 aromatic carbocycles. The Morgan fingerprint density at radius 3 is 2.54 bits per heavy atom. The molecule has 4 heteroatoms. The molecule has 0 bridgehead atoms. The van der Waals surface area contributed by atoms with Gasteiger partial charge in [-0.15, -0.1) is 0 Å². The van der Waals surface area contributed by atoms with Crippen LogP contribution in [-0.4, -0.2) is 11.9 Å². The number of carbonyl (C=O) groups excluding carboxylic acids is 1. The predicted molar refractivity (Wildman–Crippen MR) is 99.3 cm³/mol. The lowest BCUT2D eigenvalue weighted by molar-refractivity contribution is 0.0927. The van der Waals surface area contributed by atoms with Crippen LogP contribution in [-0.2, 0) is 6.61 Å². The van der Waals surface area contributed by atoms with E-state index in [0.717, 1.165) is 28.6 Å². The number of amides is 1. The molecule has 1 amide bonds. The second-order valence-electron chi connectivity index (χ2n) is 6.22. The maximum Gasteiger partial charge on any atom is 0.252 e. The van der Waals surface area contributed by atoms with Crippen molar-refractivity contribution in [3.63, 3.8) is 0 Å². The van der Waals surface area contributed by atoms with Gasteiger partial charge in [0.1, 0.15) is 12.4 Å². The van der Waals surface area contributed by atoms with Gasteiger partial charge in [0.2, 0.25) is 0 Å². The van der Waals surface area contributed by atoms with Crippen LogP contribution in [0.1, 0.15) is 48.0 Å². The van der Waals surface area contributed by atoms with E-state index in [-0.39, 0.29) is 5.91 Å². The number of hydrogen-bond acceptors (Lipinski definition) is 2. The Balaban J connectivity index is 1.60. The molecule has 0 aliphatic heterocycles. The highest BCUT2D eigenvalue weighted by molar-refractivity contribution is 9.10. The van der Waals surface area contributed by atoms with Gasteiger partial charge in [-0.2, -0.15) is 0 Å². The number of ether oxygens (including phenoxy) is 1. The number of hydrogen-bond donors (Lipinski definition) is 1. The molecule has 0 heterocycles. The fraction of sp³-hybridized carbons (Fsp3) is 0.350. The molecule has 0 spiro atoms. The minimum absolute atomic E-state index is 0.0108. The zero-order valence-electron chi connectivity index (χ0n) is 13.6. The van der Waals surface area contributed by atoms with Crippen molar-refractivity contribution in [3.8, 4) is 5.75 Å². The molecule has 126 valence electrons. The van der Waals surface area contributed by atoms with Crippen LogP contribution in [0.2, 0.25) is 0 Å². The fourth-order valence-corrected chi connectivity index (χ4v) is 3.56. The van der Waals surface area contributed by atoms with Crippen molar-refractivity contribution in [1.82, 2.24) is 5.32 Å². The van der Waals surface area contributed by atoms with Crippen molar-refractivity contribution < 1.29 is 9.53 Å². The number of nitrogens with one attached hydrogen (secondary N) is 1. The first-order chi connectivity index (χ1) is 11.7. The van der Waals surface area contributed by atoms with E-state index in [9.17, 15) is 4.79 Å². The summed E-state index contributed by atoms with van der Waals surface area (Å²) in [6.07, 6.45) is 5.86. The minimum Gasteiger partial charge on any atom is -0.489 e. The second-order valence-corrected chi connectivity index (χ2v) is 7.08. The van der Waals surface area contributed by atoms with Crippen LogP contribution >= 0.6 is 15.9 Å². The summed E-state index contributed by atoms with van der Waals surface area (Å²) in [5.74, 6) is 0.739. The Kier molecular flexibility index (Phi) is 5.91. The zero-order chi connectivity index (χ0) is 16.8. The molecule has 0 aromatic heterocycles. The van der Waals surface area contributed by atoms with E-state index in [1.807, 2.05) is 48.5 Å². The third-order valence-electron chi connectivity index (χ3n) is 4.37. The number of carbonyl (C=O) groups is 1. The van der Waals surface area contributed by atoms with Gasteiger partial charge in [0.25, 0.3) is 5.91 Å². The van der Waals surface area contributed by atoms with Gasteiger partial charge in [-0.25, -0.2) is 0 Å². The van der Waals surface area contributed by atoms with Gasteiger partial charge in [-0.05, 0) is 52.5 Å². The Hall–Kier alpha value is -1.81. The first kappa shape index (κ1) is 17.0. The first-order valence-electron chi connectivity index (χ1n) is 8.49. The fourth-order valence-electron chi connectivity index (χ4n) is 3.02. The lowest BCUT2D eigenvalue weighted by Crippen LogP contribution is -2.36. The highest BCUT2D eigenvalue weighted by atomic mass is 79.9. The molecule has 2 aromatic rings. The van der Waals surface area contributed by atoms with Gasteiger partial charge in [0.05, 0.1) is 5.56 Å². The molecular formula is C20H22BrNO2. The Morgan fingerprint density at radius 2 is 1.83 bits per heavy atom. The summed E-state index contributed by atoms with van der Waals surface area (Å²) in [5, 5.41) is 3.14. The molecule has 0 unspecified atom stereocenters. The highest BCUT2D eigenvalue weighted by Crippen LogP contribution is 2.25. The number of benzene rings is 2. The molecule has 3 nitrogen and oxygen atoms in total. The summed E-state index contributed by atoms with van der Waals surface area (Å²) < 4.78 is 6.56. The monoisotopic (exact) mass is 387 g/mol. The van der Waals surface area contributed by atoms with Gasteiger partial charge >= 0.3 is 0 Å². The van der Waals surface area contributed by atoms with E-state index in [1.165, 1.54) is 19.3 Å².